The number of amides is 4. The third-order valence-electron chi connectivity index (χ3n) is 7.79. The number of aliphatic hydroxyl groups excluding tert-OH is 1. The monoisotopic (exact) mass is 512 g/mol. The van der Waals surface area contributed by atoms with Crippen molar-refractivity contribution < 1.29 is 33.4 Å². The third kappa shape index (κ3) is 4.37. The number of ketones is 1. The van der Waals surface area contributed by atoms with Crippen molar-refractivity contribution in [2.24, 2.45) is 5.92 Å². The van der Waals surface area contributed by atoms with Crippen LogP contribution < -0.4 is 10.6 Å². The number of rotatable bonds is 5. The van der Waals surface area contributed by atoms with E-state index in [9.17, 15) is 28.7 Å². The fraction of sp³-hybridized carbons (Fsp3) is 0.462. The van der Waals surface area contributed by atoms with E-state index in [-0.39, 0.29) is 48.9 Å². The zero-order valence-corrected chi connectivity index (χ0v) is 20.4. The van der Waals surface area contributed by atoms with Crippen LogP contribution in [0.25, 0.3) is 0 Å². The second kappa shape index (κ2) is 9.62. The van der Waals surface area contributed by atoms with E-state index in [2.05, 4.69) is 10.6 Å². The van der Waals surface area contributed by atoms with Crippen molar-refractivity contribution in [3.05, 3.63) is 59.1 Å². The van der Waals surface area contributed by atoms with Gasteiger partial charge in [0.1, 0.15) is 12.4 Å². The molecule has 2 saturated heterocycles. The van der Waals surface area contributed by atoms with Gasteiger partial charge < -0.3 is 25.4 Å². The van der Waals surface area contributed by atoms with Crippen LogP contribution >= 0.6 is 0 Å². The van der Waals surface area contributed by atoms with Crippen molar-refractivity contribution in [1.29, 1.82) is 0 Å². The number of fused-ring (bicyclic) bond motifs is 2. The molecule has 4 amide bonds. The van der Waals surface area contributed by atoms with Crippen LogP contribution in [0.3, 0.4) is 0 Å². The molecule has 1 saturated carbocycles. The van der Waals surface area contributed by atoms with Gasteiger partial charge in [-0.25, -0.2) is 14.0 Å². The van der Waals surface area contributed by atoms with E-state index in [1.807, 2.05) is 0 Å². The molecule has 2 heterocycles. The van der Waals surface area contributed by atoms with Gasteiger partial charge in [-0.05, 0) is 55.0 Å². The predicted octanol–water partition coefficient (Wildman–Crippen LogP) is 1.77. The number of urea groups is 1. The van der Waals surface area contributed by atoms with Crippen molar-refractivity contribution in [2.45, 2.75) is 43.4 Å². The van der Waals surface area contributed by atoms with E-state index in [4.69, 9.17) is 4.74 Å². The van der Waals surface area contributed by atoms with Gasteiger partial charge >= 0.3 is 12.1 Å². The average Bonchev–Trinajstić information content (AvgIpc) is 3.56. The highest BCUT2D eigenvalue weighted by molar-refractivity contribution is 6.03. The van der Waals surface area contributed by atoms with Gasteiger partial charge in [-0.2, -0.15) is 0 Å². The zero-order valence-electron chi connectivity index (χ0n) is 20.4. The lowest BCUT2D eigenvalue weighted by Crippen LogP contribution is -2.46. The molecular weight excluding hydrogens is 483 g/mol. The number of Topliss-reactive ketones (excluding diaryl/α,β-unsaturated/α-hetero) is 1. The number of hydrogen-bond acceptors (Lipinski definition) is 6. The Hall–Kier alpha value is -3.73. The number of nitrogens with zero attached hydrogens (tertiary/aromatic N) is 2. The van der Waals surface area contributed by atoms with Gasteiger partial charge in [0.25, 0.3) is 0 Å². The number of carbonyl (C=O) groups is 4. The highest BCUT2D eigenvalue weighted by atomic mass is 19.1. The third-order valence-corrected chi connectivity index (χ3v) is 7.79. The molecule has 3 N–H and O–H groups in total. The second-order valence-electron chi connectivity index (χ2n) is 9.86. The number of allylic oxidation sites excluding steroid dienone is 3. The van der Waals surface area contributed by atoms with Crippen LogP contribution in [0.15, 0.2) is 47.7 Å². The summed E-state index contributed by atoms with van der Waals surface area (Å²) >= 11 is 0. The molecule has 1 aromatic carbocycles. The molecule has 5 rings (SSSR count). The maximum atomic E-state index is 13.4. The molecule has 10 nitrogen and oxygen atoms in total. The van der Waals surface area contributed by atoms with Gasteiger partial charge in [0.05, 0.1) is 30.9 Å². The molecule has 0 bridgehead atoms. The highest BCUT2D eigenvalue weighted by Gasteiger charge is 2.56. The molecule has 1 aromatic rings. The molecular formula is C26H29FN4O6. The Morgan fingerprint density at radius 2 is 1.92 bits per heavy atom. The van der Waals surface area contributed by atoms with Crippen molar-refractivity contribution in [3.8, 4) is 0 Å². The van der Waals surface area contributed by atoms with Crippen LogP contribution in [0.5, 0.6) is 0 Å². The zero-order chi connectivity index (χ0) is 26.3. The lowest BCUT2D eigenvalue weighted by Gasteiger charge is -2.31. The van der Waals surface area contributed by atoms with Crippen LogP contribution in [0, 0.1) is 11.7 Å². The Bertz CT molecular complexity index is 1200. The van der Waals surface area contributed by atoms with Gasteiger partial charge in [-0.3, -0.25) is 14.5 Å². The number of carbonyl (C=O) groups excluding carboxylic acids is 4. The van der Waals surface area contributed by atoms with Gasteiger partial charge in [-0.15, -0.1) is 0 Å². The molecule has 2 aliphatic heterocycles. The number of benzene rings is 1. The Balaban J connectivity index is 1.32. The number of likely N-dealkylation sites (tertiary alicyclic amines) is 1. The number of hydrogen-bond donors (Lipinski definition) is 3. The van der Waals surface area contributed by atoms with Crippen LogP contribution in [-0.4, -0.2) is 77.1 Å². The summed E-state index contributed by atoms with van der Waals surface area (Å²) in [4.78, 5) is 53.9. The maximum absolute atomic E-state index is 13.4. The summed E-state index contributed by atoms with van der Waals surface area (Å²) in [7, 11) is 1.45. The van der Waals surface area contributed by atoms with Crippen LogP contribution in [0.1, 0.15) is 37.3 Å². The fourth-order valence-corrected chi connectivity index (χ4v) is 6.00. The molecule has 2 unspecified atom stereocenters. The molecule has 2 aliphatic carbocycles. The maximum Gasteiger partial charge on any atom is 0.411 e. The summed E-state index contributed by atoms with van der Waals surface area (Å²) in [5.41, 5.74) is 0.604. The Morgan fingerprint density at radius 1 is 1.16 bits per heavy atom. The van der Waals surface area contributed by atoms with Gasteiger partial charge in [0, 0.05) is 13.0 Å². The summed E-state index contributed by atoms with van der Waals surface area (Å²) in [5.74, 6) is -1.46. The Kier molecular flexibility index (Phi) is 6.49. The Labute approximate surface area is 213 Å². The molecule has 3 fully saturated rings. The van der Waals surface area contributed by atoms with Crippen molar-refractivity contribution in [2.75, 3.05) is 26.7 Å². The lowest BCUT2D eigenvalue weighted by atomic mass is 9.85. The topological polar surface area (TPSA) is 128 Å². The molecule has 0 aromatic heterocycles. The second-order valence-corrected chi connectivity index (χ2v) is 9.86. The van der Waals surface area contributed by atoms with E-state index in [1.165, 1.54) is 30.2 Å². The van der Waals surface area contributed by atoms with Crippen molar-refractivity contribution >= 4 is 23.8 Å². The van der Waals surface area contributed by atoms with E-state index in [0.29, 0.717) is 31.3 Å². The van der Waals surface area contributed by atoms with Gasteiger partial charge in [0.2, 0.25) is 5.91 Å². The summed E-state index contributed by atoms with van der Waals surface area (Å²) in [6.45, 7) is -0.328. The van der Waals surface area contributed by atoms with Crippen LogP contribution in [0.4, 0.5) is 14.0 Å². The minimum atomic E-state index is -1.01. The molecule has 4 atom stereocenters. The van der Waals surface area contributed by atoms with E-state index >= 15 is 0 Å². The van der Waals surface area contributed by atoms with E-state index in [1.54, 1.807) is 23.1 Å². The quantitative estimate of drug-likeness (QED) is 0.552. The number of aliphatic hydroxyl groups is 1. The summed E-state index contributed by atoms with van der Waals surface area (Å²) in [5, 5.41) is 14.8. The summed E-state index contributed by atoms with van der Waals surface area (Å²) in [6.07, 6.45) is 4.68. The average molecular weight is 513 g/mol. The van der Waals surface area contributed by atoms with E-state index in [0.717, 1.165) is 5.56 Å². The first-order valence-electron chi connectivity index (χ1n) is 12.4. The van der Waals surface area contributed by atoms with Crippen molar-refractivity contribution in [1.82, 2.24) is 20.4 Å². The first-order valence-corrected chi connectivity index (χ1v) is 12.4. The lowest BCUT2D eigenvalue weighted by molar-refractivity contribution is -0.135. The minimum absolute atomic E-state index is 0.123. The molecule has 1 spiro atoms. The summed E-state index contributed by atoms with van der Waals surface area (Å²) in [6, 6.07) is 4.71. The molecule has 0 radical (unpaired) electrons. The van der Waals surface area contributed by atoms with Crippen molar-refractivity contribution in [3.63, 3.8) is 0 Å². The van der Waals surface area contributed by atoms with Gasteiger partial charge in [-0.1, -0.05) is 18.2 Å². The molecule has 11 heteroatoms. The molecule has 37 heavy (non-hydrogen) atoms. The normalized spacial score (nSPS) is 28.7. The van der Waals surface area contributed by atoms with Crippen LogP contribution in [-0.2, 0) is 14.3 Å². The van der Waals surface area contributed by atoms with Gasteiger partial charge in [0.15, 0.2) is 11.4 Å². The molecule has 4 aliphatic rings. The largest absolute Gasteiger partial charge is 0.436 e. The number of nitrogens with one attached hydrogen (secondary N) is 2. The summed E-state index contributed by atoms with van der Waals surface area (Å²) < 4.78 is 19.2. The fourth-order valence-electron chi connectivity index (χ4n) is 6.00. The highest BCUT2D eigenvalue weighted by Crippen LogP contribution is 2.48. The Morgan fingerprint density at radius 3 is 2.62 bits per heavy atom. The minimum Gasteiger partial charge on any atom is -0.436 e. The SMILES string of the molecule is CNC(=O)NC1=CC=C2C(CCC23CN(CC(=O)N2[C@@H](CO)CC[C@H]2c2ccc(F)cc2)C(=O)O3)C1=O. The van der Waals surface area contributed by atoms with E-state index < -0.39 is 29.7 Å². The first kappa shape index (κ1) is 24.9. The number of halogens is 1. The standard InChI is InChI=1S/C26H29FN4O6/c1-28-24(35)29-20-8-7-19-18(23(20)34)10-11-26(19)14-30(25(36)37-26)12-22(33)31-17(13-32)6-9-21(31)15-2-4-16(27)5-3-15/h2-5,7-8,17-18,21,32H,6,9-14H2,1H3,(H2,28,29,35)/t17-,18?,21+,26?/m1/s1. The van der Waals surface area contributed by atoms with Crippen LogP contribution in [0.2, 0.25) is 0 Å². The molecule has 196 valence electrons. The number of ether oxygens (including phenoxy) is 1. The predicted molar refractivity (Wildman–Crippen MR) is 128 cm³/mol. The smallest absolute Gasteiger partial charge is 0.411 e. The first-order chi connectivity index (χ1) is 17.8.